The molecule has 1 aliphatic heterocycles. The first kappa shape index (κ1) is 26.3. The van der Waals surface area contributed by atoms with E-state index in [9.17, 15) is 4.39 Å². The van der Waals surface area contributed by atoms with Crippen LogP contribution in [-0.2, 0) is 24.4 Å². The van der Waals surface area contributed by atoms with Crippen molar-refractivity contribution in [3.63, 3.8) is 0 Å². The Hall–Kier alpha value is -2.78. The van der Waals surface area contributed by atoms with Gasteiger partial charge in [0.25, 0.3) is 0 Å². The Labute approximate surface area is 216 Å². The van der Waals surface area contributed by atoms with Gasteiger partial charge in [0.05, 0.1) is 31.6 Å². The van der Waals surface area contributed by atoms with E-state index in [0.717, 1.165) is 49.7 Å². The maximum Gasteiger partial charge on any atom is 0.213 e. The van der Waals surface area contributed by atoms with Crippen LogP contribution in [0.2, 0.25) is 5.02 Å². The van der Waals surface area contributed by atoms with E-state index in [-0.39, 0.29) is 19.0 Å². The summed E-state index contributed by atoms with van der Waals surface area (Å²) in [6.07, 6.45) is 7.42. The number of piperidine rings is 1. The molecule has 0 amide bonds. The van der Waals surface area contributed by atoms with Crippen LogP contribution in [0.15, 0.2) is 48.7 Å². The molecule has 3 heterocycles. The lowest BCUT2D eigenvalue weighted by Gasteiger charge is -2.31. The number of benzene rings is 1. The highest BCUT2D eigenvalue weighted by molar-refractivity contribution is 6.30. The lowest BCUT2D eigenvalue weighted by Crippen LogP contribution is -2.33. The molecule has 0 aliphatic carbocycles. The molecule has 7 nitrogen and oxygen atoms in total. The normalized spacial score (nSPS) is 15.1. The summed E-state index contributed by atoms with van der Waals surface area (Å²) < 4.78 is 27.2. The number of halogens is 2. The van der Waals surface area contributed by atoms with E-state index in [0.29, 0.717) is 35.5 Å². The quantitative estimate of drug-likeness (QED) is 0.400. The third-order valence-electron chi connectivity index (χ3n) is 6.39. The third kappa shape index (κ3) is 6.91. The van der Waals surface area contributed by atoms with Gasteiger partial charge in [-0.25, -0.2) is 14.4 Å². The number of ether oxygens (including phenoxy) is 2. The number of methoxy groups -OCH3 is 1. The molecule has 3 aromatic rings. The number of rotatable bonds is 11. The van der Waals surface area contributed by atoms with Gasteiger partial charge in [-0.2, -0.15) is 0 Å². The summed E-state index contributed by atoms with van der Waals surface area (Å²) in [5.41, 5.74) is 2.41. The Kier molecular flexibility index (Phi) is 9.47. The molecule has 36 heavy (non-hydrogen) atoms. The van der Waals surface area contributed by atoms with Gasteiger partial charge in [0, 0.05) is 41.9 Å². The summed E-state index contributed by atoms with van der Waals surface area (Å²) in [6.45, 7) is 4.04. The van der Waals surface area contributed by atoms with E-state index in [1.54, 1.807) is 31.4 Å². The standard InChI is InChI=1S/C27H32ClFN4O3/c1-35-15-13-33-23(4-3-14-34)17-30-26(33)18-32-11-9-20(10-12-32)25-5-2-6-27(31-25)36-19-21-7-8-22(28)16-24(21)29/h2-8,16-17,20,34H,9-15,18-19H2,1H3/b4-3+. The molecule has 1 aromatic carbocycles. The predicted octanol–water partition coefficient (Wildman–Crippen LogP) is 4.68. The van der Waals surface area contributed by atoms with Gasteiger partial charge in [-0.1, -0.05) is 29.8 Å². The molecule has 4 rings (SSSR count). The lowest BCUT2D eigenvalue weighted by atomic mass is 9.93. The van der Waals surface area contributed by atoms with E-state index in [2.05, 4.69) is 14.5 Å². The Bertz CT molecular complexity index is 1160. The largest absolute Gasteiger partial charge is 0.473 e. The smallest absolute Gasteiger partial charge is 0.213 e. The van der Waals surface area contributed by atoms with Crippen LogP contribution in [-0.4, -0.2) is 58.0 Å². The van der Waals surface area contributed by atoms with Gasteiger partial charge in [0.1, 0.15) is 18.2 Å². The summed E-state index contributed by atoms with van der Waals surface area (Å²) in [5, 5.41) is 9.48. The number of likely N-dealkylation sites (tertiary alicyclic amines) is 1. The number of imidazole rings is 1. The molecule has 1 N–H and O–H groups in total. The Balaban J connectivity index is 1.34. The fourth-order valence-electron chi connectivity index (χ4n) is 4.42. The molecule has 0 saturated carbocycles. The lowest BCUT2D eigenvalue weighted by molar-refractivity contribution is 0.177. The second-order valence-corrected chi connectivity index (χ2v) is 9.24. The summed E-state index contributed by atoms with van der Waals surface area (Å²) >= 11 is 5.83. The fourth-order valence-corrected chi connectivity index (χ4v) is 4.58. The molecular weight excluding hydrogens is 483 g/mol. The van der Waals surface area contributed by atoms with Gasteiger partial charge in [0.2, 0.25) is 5.88 Å². The van der Waals surface area contributed by atoms with Gasteiger partial charge < -0.3 is 19.1 Å². The number of hydrogen-bond acceptors (Lipinski definition) is 6. The van der Waals surface area contributed by atoms with Crippen LogP contribution in [0.25, 0.3) is 6.08 Å². The molecule has 9 heteroatoms. The average molecular weight is 515 g/mol. The molecule has 0 atom stereocenters. The highest BCUT2D eigenvalue weighted by Crippen LogP contribution is 2.29. The summed E-state index contributed by atoms with van der Waals surface area (Å²) in [4.78, 5) is 11.7. The van der Waals surface area contributed by atoms with Crippen LogP contribution < -0.4 is 4.74 Å². The molecule has 1 aliphatic rings. The first-order valence-corrected chi connectivity index (χ1v) is 12.5. The number of hydrogen-bond donors (Lipinski definition) is 1. The highest BCUT2D eigenvalue weighted by Gasteiger charge is 2.23. The molecule has 2 aromatic heterocycles. The maximum atomic E-state index is 14.0. The maximum absolute atomic E-state index is 14.0. The average Bonchev–Trinajstić information content (AvgIpc) is 3.27. The monoisotopic (exact) mass is 514 g/mol. The van der Waals surface area contributed by atoms with Crippen molar-refractivity contribution in [3.05, 3.63) is 82.3 Å². The van der Waals surface area contributed by atoms with Crippen molar-refractivity contribution in [2.75, 3.05) is 33.4 Å². The van der Waals surface area contributed by atoms with Crippen molar-refractivity contribution >= 4 is 17.7 Å². The van der Waals surface area contributed by atoms with Crippen LogP contribution in [0, 0.1) is 5.82 Å². The number of aromatic nitrogens is 3. The number of aliphatic hydroxyl groups is 1. The van der Waals surface area contributed by atoms with Crippen molar-refractivity contribution in [2.24, 2.45) is 0 Å². The molecule has 1 saturated heterocycles. The number of nitrogens with zero attached hydrogens (tertiary/aromatic N) is 4. The molecular formula is C27H32ClFN4O3. The first-order chi connectivity index (χ1) is 17.6. The van der Waals surface area contributed by atoms with Crippen molar-refractivity contribution in [1.82, 2.24) is 19.4 Å². The third-order valence-corrected chi connectivity index (χ3v) is 6.62. The number of pyridine rings is 1. The minimum atomic E-state index is -0.384. The van der Waals surface area contributed by atoms with Crippen LogP contribution >= 0.6 is 11.6 Å². The van der Waals surface area contributed by atoms with E-state index in [1.807, 2.05) is 24.4 Å². The second-order valence-electron chi connectivity index (χ2n) is 8.80. The van der Waals surface area contributed by atoms with E-state index in [1.165, 1.54) is 6.07 Å². The van der Waals surface area contributed by atoms with Crippen LogP contribution in [0.1, 0.15) is 41.5 Å². The summed E-state index contributed by atoms with van der Waals surface area (Å²) in [6, 6.07) is 10.3. The summed E-state index contributed by atoms with van der Waals surface area (Å²) in [5.74, 6) is 1.44. The predicted molar refractivity (Wildman–Crippen MR) is 137 cm³/mol. The molecule has 0 radical (unpaired) electrons. The molecule has 0 bridgehead atoms. The zero-order chi connectivity index (χ0) is 25.3. The zero-order valence-electron chi connectivity index (χ0n) is 20.4. The molecule has 0 unspecified atom stereocenters. The zero-order valence-corrected chi connectivity index (χ0v) is 21.2. The van der Waals surface area contributed by atoms with Crippen LogP contribution in [0.4, 0.5) is 4.39 Å². The van der Waals surface area contributed by atoms with Gasteiger partial charge >= 0.3 is 0 Å². The van der Waals surface area contributed by atoms with Gasteiger partial charge in [-0.05, 0) is 50.2 Å². The van der Waals surface area contributed by atoms with Crippen LogP contribution in [0.5, 0.6) is 5.88 Å². The van der Waals surface area contributed by atoms with E-state index in [4.69, 9.17) is 31.2 Å². The topological polar surface area (TPSA) is 72.6 Å². The molecule has 192 valence electrons. The fraction of sp³-hybridized carbons (Fsp3) is 0.407. The molecule has 1 fully saturated rings. The minimum absolute atomic E-state index is 0.00338. The van der Waals surface area contributed by atoms with Crippen molar-refractivity contribution in [3.8, 4) is 5.88 Å². The Morgan fingerprint density at radius 1 is 1.22 bits per heavy atom. The van der Waals surface area contributed by atoms with Gasteiger partial charge in [-0.3, -0.25) is 4.90 Å². The Morgan fingerprint density at radius 2 is 2.06 bits per heavy atom. The van der Waals surface area contributed by atoms with Crippen molar-refractivity contribution < 1.29 is 19.0 Å². The van der Waals surface area contributed by atoms with Crippen molar-refractivity contribution in [2.45, 2.75) is 38.5 Å². The first-order valence-electron chi connectivity index (χ1n) is 12.1. The van der Waals surface area contributed by atoms with E-state index < -0.39 is 0 Å². The highest BCUT2D eigenvalue weighted by atomic mass is 35.5. The van der Waals surface area contributed by atoms with Crippen molar-refractivity contribution in [1.29, 1.82) is 0 Å². The van der Waals surface area contributed by atoms with Gasteiger partial charge in [0.15, 0.2) is 0 Å². The number of aliphatic hydroxyl groups excluding tert-OH is 1. The second kappa shape index (κ2) is 13.0. The van der Waals surface area contributed by atoms with Gasteiger partial charge in [-0.15, -0.1) is 0 Å². The summed E-state index contributed by atoms with van der Waals surface area (Å²) in [7, 11) is 1.69. The van der Waals surface area contributed by atoms with E-state index >= 15 is 0 Å². The van der Waals surface area contributed by atoms with Crippen LogP contribution in [0.3, 0.4) is 0 Å². The SMILES string of the molecule is COCCn1c(/C=C/CO)cnc1CN1CCC(c2cccc(OCc3ccc(Cl)cc3F)n2)CC1. The minimum Gasteiger partial charge on any atom is -0.473 e. The molecule has 0 spiro atoms. The Morgan fingerprint density at radius 3 is 2.81 bits per heavy atom.